The molecule has 3 aromatic carbocycles. The van der Waals surface area contributed by atoms with Crippen molar-refractivity contribution in [3.8, 4) is 11.5 Å². The summed E-state index contributed by atoms with van der Waals surface area (Å²) in [6, 6.07) is 16.9. The first kappa shape index (κ1) is 19.2. The molecule has 0 saturated carbocycles. The van der Waals surface area contributed by atoms with E-state index in [0.29, 0.717) is 22.7 Å². The average molecular weight is 402 g/mol. The molecule has 1 aliphatic rings. The van der Waals surface area contributed by atoms with Gasteiger partial charge >= 0.3 is 6.03 Å². The number of methoxy groups -OCH3 is 2. The summed E-state index contributed by atoms with van der Waals surface area (Å²) in [7, 11) is 3.00. The number of carbonyl (C=O) groups is 3. The van der Waals surface area contributed by atoms with Crippen molar-refractivity contribution in [2.45, 2.75) is 0 Å². The van der Waals surface area contributed by atoms with Crippen LogP contribution in [0.1, 0.15) is 5.56 Å². The third-order valence-electron chi connectivity index (χ3n) is 4.85. The Bertz CT molecular complexity index is 1220. The van der Waals surface area contributed by atoms with Gasteiger partial charge in [0.25, 0.3) is 11.8 Å². The summed E-state index contributed by atoms with van der Waals surface area (Å²) in [5, 5.41) is 3.97. The van der Waals surface area contributed by atoms with Gasteiger partial charge in [0, 0.05) is 11.6 Å². The minimum Gasteiger partial charge on any atom is -0.497 e. The van der Waals surface area contributed by atoms with E-state index in [1.165, 1.54) is 20.3 Å². The highest BCUT2D eigenvalue weighted by molar-refractivity contribution is 6.39. The molecule has 4 rings (SSSR count). The molecule has 0 radical (unpaired) electrons. The van der Waals surface area contributed by atoms with Crippen LogP contribution in [0.5, 0.6) is 11.5 Å². The second-order valence-electron chi connectivity index (χ2n) is 6.56. The number of rotatable bonds is 4. The lowest BCUT2D eigenvalue weighted by atomic mass is 9.99. The Balaban J connectivity index is 1.85. The van der Waals surface area contributed by atoms with Crippen molar-refractivity contribution in [3.05, 3.63) is 71.8 Å². The molecule has 0 aliphatic carbocycles. The van der Waals surface area contributed by atoms with E-state index in [4.69, 9.17) is 9.47 Å². The lowest BCUT2D eigenvalue weighted by Gasteiger charge is -2.26. The van der Waals surface area contributed by atoms with Crippen molar-refractivity contribution in [2.75, 3.05) is 19.1 Å². The van der Waals surface area contributed by atoms with E-state index < -0.39 is 17.8 Å². The fourth-order valence-electron chi connectivity index (χ4n) is 3.39. The number of nitrogens with zero attached hydrogens (tertiary/aromatic N) is 1. The highest BCUT2D eigenvalue weighted by Crippen LogP contribution is 2.32. The van der Waals surface area contributed by atoms with Crippen LogP contribution in [0.3, 0.4) is 0 Å². The Morgan fingerprint density at radius 1 is 0.900 bits per heavy atom. The summed E-state index contributed by atoms with van der Waals surface area (Å²) in [5.41, 5.74) is 0.696. The second kappa shape index (κ2) is 7.71. The predicted octanol–water partition coefficient (Wildman–Crippen LogP) is 3.52. The zero-order chi connectivity index (χ0) is 21.3. The van der Waals surface area contributed by atoms with E-state index in [2.05, 4.69) is 5.32 Å². The number of barbiturate groups is 1. The molecule has 150 valence electrons. The number of urea groups is 1. The third-order valence-corrected chi connectivity index (χ3v) is 4.85. The SMILES string of the molecule is COc1cccc(N2C(=O)NC(=O)/C(=C/c3c(OC)ccc4ccccc34)C2=O)c1. The Morgan fingerprint density at radius 3 is 2.47 bits per heavy atom. The molecule has 1 heterocycles. The normalized spacial score (nSPS) is 15.5. The molecule has 0 bridgehead atoms. The van der Waals surface area contributed by atoms with Crippen LogP contribution in [0.15, 0.2) is 66.2 Å². The molecule has 7 heteroatoms. The van der Waals surface area contributed by atoms with Crippen molar-refractivity contribution in [1.29, 1.82) is 0 Å². The summed E-state index contributed by atoms with van der Waals surface area (Å²) in [6.07, 6.45) is 1.46. The molecular weight excluding hydrogens is 384 g/mol. The fraction of sp³-hybridized carbons (Fsp3) is 0.0870. The van der Waals surface area contributed by atoms with Crippen LogP contribution in [-0.2, 0) is 9.59 Å². The predicted molar refractivity (Wildman–Crippen MR) is 112 cm³/mol. The average Bonchev–Trinajstić information content (AvgIpc) is 2.76. The number of hydrogen-bond acceptors (Lipinski definition) is 5. The van der Waals surface area contributed by atoms with Gasteiger partial charge in [0.15, 0.2) is 0 Å². The number of imide groups is 2. The molecule has 0 aromatic heterocycles. The van der Waals surface area contributed by atoms with Crippen LogP contribution in [0.2, 0.25) is 0 Å². The van der Waals surface area contributed by atoms with Crippen molar-refractivity contribution < 1.29 is 23.9 Å². The van der Waals surface area contributed by atoms with Gasteiger partial charge in [-0.3, -0.25) is 14.9 Å². The zero-order valence-corrected chi connectivity index (χ0v) is 16.3. The second-order valence-corrected chi connectivity index (χ2v) is 6.56. The monoisotopic (exact) mass is 402 g/mol. The van der Waals surface area contributed by atoms with Gasteiger partial charge < -0.3 is 9.47 Å². The zero-order valence-electron chi connectivity index (χ0n) is 16.3. The molecule has 1 saturated heterocycles. The van der Waals surface area contributed by atoms with Gasteiger partial charge in [0.05, 0.1) is 19.9 Å². The summed E-state index contributed by atoms with van der Waals surface area (Å²) in [6.45, 7) is 0. The molecule has 3 aromatic rings. The van der Waals surface area contributed by atoms with Crippen LogP contribution in [0, 0.1) is 0 Å². The van der Waals surface area contributed by atoms with E-state index in [1.54, 1.807) is 30.3 Å². The lowest BCUT2D eigenvalue weighted by molar-refractivity contribution is -0.122. The number of carbonyl (C=O) groups excluding carboxylic acids is 3. The van der Waals surface area contributed by atoms with Gasteiger partial charge in [0.2, 0.25) is 0 Å². The Kier molecular flexibility index (Phi) is 4.93. The maximum atomic E-state index is 13.2. The van der Waals surface area contributed by atoms with Crippen LogP contribution < -0.4 is 19.7 Å². The minimum absolute atomic E-state index is 0.174. The van der Waals surface area contributed by atoms with Crippen LogP contribution in [0.25, 0.3) is 16.8 Å². The van der Waals surface area contributed by atoms with E-state index in [0.717, 1.165) is 15.7 Å². The van der Waals surface area contributed by atoms with Gasteiger partial charge in [0.1, 0.15) is 17.1 Å². The quantitative estimate of drug-likeness (QED) is 0.533. The first-order valence-electron chi connectivity index (χ1n) is 9.14. The van der Waals surface area contributed by atoms with Crippen LogP contribution >= 0.6 is 0 Å². The first-order chi connectivity index (χ1) is 14.5. The summed E-state index contributed by atoms with van der Waals surface area (Å²) >= 11 is 0. The van der Waals surface area contributed by atoms with Crippen LogP contribution in [0.4, 0.5) is 10.5 Å². The molecule has 0 atom stereocenters. The minimum atomic E-state index is -0.819. The third kappa shape index (κ3) is 3.26. The van der Waals surface area contributed by atoms with Gasteiger partial charge in [-0.25, -0.2) is 9.69 Å². The fourth-order valence-corrected chi connectivity index (χ4v) is 3.39. The smallest absolute Gasteiger partial charge is 0.335 e. The lowest BCUT2D eigenvalue weighted by Crippen LogP contribution is -2.54. The standard InChI is InChI=1S/C23H18N2O5/c1-29-16-8-5-7-15(12-16)25-22(27)19(21(26)24-23(25)28)13-18-17-9-4-3-6-14(17)10-11-20(18)30-2/h3-13H,1-2H3,(H,24,26,28)/b19-13-. The molecule has 0 spiro atoms. The Labute approximate surface area is 172 Å². The van der Waals surface area contributed by atoms with Gasteiger partial charge in [-0.05, 0) is 35.0 Å². The van der Waals surface area contributed by atoms with Crippen molar-refractivity contribution >= 4 is 40.4 Å². The summed E-state index contributed by atoms with van der Waals surface area (Å²) in [5.74, 6) is -0.510. The van der Waals surface area contributed by atoms with E-state index in [9.17, 15) is 14.4 Å². The van der Waals surface area contributed by atoms with E-state index in [-0.39, 0.29) is 5.57 Å². The molecule has 1 aliphatic heterocycles. The van der Waals surface area contributed by atoms with Gasteiger partial charge in [-0.15, -0.1) is 0 Å². The maximum absolute atomic E-state index is 13.2. The number of ether oxygens (including phenoxy) is 2. The number of anilines is 1. The first-order valence-corrected chi connectivity index (χ1v) is 9.14. The number of fused-ring (bicyclic) bond motifs is 1. The largest absolute Gasteiger partial charge is 0.497 e. The molecule has 1 N–H and O–H groups in total. The Hall–Kier alpha value is -4.13. The number of amides is 4. The number of nitrogens with one attached hydrogen (secondary N) is 1. The van der Waals surface area contributed by atoms with Crippen LogP contribution in [-0.4, -0.2) is 32.1 Å². The topological polar surface area (TPSA) is 84.9 Å². The van der Waals surface area contributed by atoms with E-state index in [1.807, 2.05) is 30.3 Å². The number of benzene rings is 3. The Morgan fingerprint density at radius 2 is 1.70 bits per heavy atom. The molecule has 7 nitrogen and oxygen atoms in total. The highest BCUT2D eigenvalue weighted by Gasteiger charge is 2.37. The molecule has 4 amide bonds. The highest BCUT2D eigenvalue weighted by atomic mass is 16.5. The summed E-state index contributed by atoms with van der Waals surface area (Å²) < 4.78 is 10.6. The van der Waals surface area contributed by atoms with Gasteiger partial charge in [-0.2, -0.15) is 0 Å². The molecular formula is C23H18N2O5. The van der Waals surface area contributed by atoms with Crippen molar-refractivity contribution in [1.82, 2.24) is 5.32 Å². The molecule has 30 heavy (non-hydrogen) atoms. The van der Waals surface area contributed by atoms with Crippen molar-refractivity contribution in [2.24, 2.45) is 0 Å². The van der Waals surface area contributed by atoms with E-state index >= 15 is 0 Å². The van der Waals surface area contributed by atoms with Crippen molar-refractivity contribution in [3.63, 3.8) is 0 Å². The summed E-state index contributed by atoms with van der Waals surface area (Å²) in [4.78, 5) is 39.1. The molecule has 1 fully saturated rings. The maximum Gasteiger partial charge on any atom is 0.335 e. The molecule has 0 unspecified atom stereocenters. The number of hydrogen-bond donors (Lipinski definition) is 1. The van der Waals surface area contributed by atoms with Gasteiger partial charge in [-0.1, -0.05) is 36.4 Å².